The maximum Gasteiger partial charge on any atom is 0.416 e. The number of aromatic carboxylic acids is 1. The van der Waals surface area contributed by atoms with Gasteiger partial charge in [-0.25, -0.2) is 27.0 Å². The van der Waals surface area contributed by atoms with Gasteiger partial charge in [0.1, 0.15) is 34.2 Å². The van der Waals surface area contributed by atoms with E-state index >= 15 is 0 Å². The molecular weight excluding hydrogens is 515 g/mol. The quantitative estimate of drug-likeness (QED) is 0.367. The standard InChI is InChI=1S/C23H18F7N3O4/c1-9-13(8-14(24)15(17(9)25)22(35)36)10(2)31-20(34)16-18(19(26)27)32-33(3)21(16)37-12-6-4-5-11(7-12)23(28,29)30/h4-8,10,19H,1-3H3,(H,31,34)(H,35,36). The van der Waals surface area contributed by atoms with Crippen molar-refractivity contribution in [2.45, 2.75) is 32.5 Å². The van der Waals surface area contributed by atoms with Gasteiger partial charge in [-0.15, -0.1) is 0 Å². The first-order valence-corrected chi connectivity index (χ1v) is 10.4. The van der Waals surface area contributed by atoms with Gasteiger partial charge in [-0.1, -0.05) is 6.07 Å². The maximum atomic E-state index is 14.4. The first-order valence-electron chi connectivity index (χ1n) is 10.4. The highest BCUT2D eigenvalue weighted by molar-refractivity contribution is 5.98. The summed E-state index contributed by atoms with van der Waals surface area (Å²) >= 11 is 0. The summed E-state index contributed by atoms with van der Waals surface area (Å²) in [5.41, 5.74) is -4.66. The Morgan fingerprint density at radius 3 is 2.35 bits per heavy atom. The molecule has 1 aromatic heterocycles. The molecule has 2 aromatic carbocycles. The van der Waals surface area contributed by atoms with E-state index in [4.69, 9.17) is 9.84 Å². The third-order valence-corrected chi connectivity index (χ3v) is 5.36. The topological polar surface area (TPSA) is 93.5 Å². The number of halogens is 7. The van der Waals surface area contributed by atoms with Crippen LogP contribution in [-0.4, -0.2) is 26.8 Å². The Bertz CT molecular complexity index is 1370. The summed E-state index contributed by atoms with van der Waals surface area (Å²) in [7, 11) is 1.12. The maximum absolute atomic E-state index is 14.4. The molecule has 1 amide bonds. The summed E-state index contributed by atoms with van der Waals surface area (Å²) < 4.78 is 101. The van der Waals surface area contributed by atoms with Crippen LogP contribution in [0.25, 0.3) is 0 Å². The second kappa shape index (κ2) is 10.1. The molecule has 1 atom stereocenters. The van der Waals surface area contributed by atoms with Crippen molar-refractivity contribution in [3.05, 3.63) is 75.5 Å². The number of aromatic nitrogens is 2. The fourth-order valence-electron chi connectivity index (χ4n) is 3.59. The average Bonchev–Trinajstić information content (AvgIpc) is 3.12. The fourth-order valence-corrected chi connectivity index (χ4v) is 3.59. The second-order valence-corrected chi connectivity index (χ2v) is 7.88. The fraction of sp³-hybridized carbons (Fsp3) is 0.261. The zero-order valence-corrected chi connectivity index (χ0v) is 19.3. The molecule has 2 N–H and O–H groups in total. The minimum atomic E-state index is -4.73. The molecule has 0 saturated heterocycles. The van der Waals surface area contributed by atoms with Gasteiger partial charge in [-0.3, -0.25) is 4.79 Å². The number of carbonyl (C=O) groups excluding carboxylic acids is 1. The van der Waals surface area contributed by atoms with Crippen LogP contribution >= 0.6 is 0 Å². The van der Waals surface area contributed by atoms with Crippen LogP contribution in [0.5, 0.6) is 11.6 Å². The number of nitrogens with zero attached hydrogens (tertiary/aromatic N) is 2. The molecule has 0 spiro atoms. The number of carboxylic acid groups (broad SMARTS) is 1. The summed E-state index contributed by atoms with van der Waals surface area (Å²) in [6.07, 6.45) is -8.03. The number of hydrogen-bond acceptors (Lipinski definition) is 4. The number of alkyl halides is 5. The minimum absolute atomic E-state index is 0.184. The molecule has 0 saturated carbocycles. The SMILES string of the molecule is Cc1c(C(C)NC(=O)c2c(C(F)F)nn(C)c2Oc2cccc(C(F)(F)F)c2)cc(F)c(C(=O)O)c1F. The zero-order chi connectivity index (χ0) is 27.8. The molecule has 0 bridgehead atoms. The molecule has 0 aliphatic rings. The number of rotatable bonds is 7. The third kappa shape index (κ3) is 5.52. The highest BCUT2D eigenvalue weighted by Crippen LogP contribution is 2.36. The Morgan fingerprint density at radius 2 is 1.78 bits per heavy atom. The van der Waals surface area contributed by atoms with Crippen molar-refractivity contribution in [1.82, 2.24) is 15.1 Å². The molecule has 14 heteroatoms. The monoisotopic (exact) mass is 533 g/mol. The van der Waals surface area contributed by atoms with Gasteiger partial charge in [0, 0.05) is 7.05 Å². The average molecular weight is 533 g/mol. The summed E-state index contributed by atoms with van der Waals surface area (Å²) in [6.45, 7) is 2.39. The van der Waals surface area contributed by atoms with E-state index in [-0.39, 0.29) is 11.1 Å². The van der Waals surface area contributed by atoms with Crippen LogP contribution in [-0.2, 0) is 13.2 Å². The molecule has 1 heterocycles. The highest BCUT2D eigenvalue weighted by Gasteiger charge is 2.33. The molecule has 1 unspecified atom stereocenters. The van der Waals surface area contributed by atoms with Crippen LogP contribution in [0.1, 0.15) is 62.5 Å². The van der Waals surface area contributed by atoms with Crippen LogP contribution in [0.2, 0.25) is 0 Å². The van der Waals surface area contributed by atoms with E-state index in [0.717, 1.165) is 36.9 Å². The van der Waals surface area contributed by atoms with Gasteiger partial charge >= 0.3 is 12.1 Å². The van der Waals surface area contributed by atoms with Crippen molar-refractivity contribution in [2.24, 2.45) is 7.05 Å². The van der Waals surface area contributed by atoms with Gasteiger partial charge in [0.05, 0.1) is 11.6 Å². The van der Waals surface area contributed by atoms with Crippen LogP contribution in [0.3, 0.4) is 0 Å². The highest BCUT2D eigenvalue weighted by atomic mass is 19.4. The van der Waals surface area contributed by atoms with E-state index in [9.17, 15) is 40.3 Å². The molecule has 37 heavy (non-hydrogen) atoms. The smallest absolute Gasteiger partial charge is 0.416 e. The summed E-state index contributed by atoms with van der Waals surface area (Å²) in [4.78, 5) is 24.1. The predicted octanol–water partition coefficient (Wildman–Crippen LogP) is 5.94. The van der Waals surface area contributed by atoms with Gasteiger partial charge in [-0.05, 0) is 49.2 Å². The molecule has 0 aliphatic heterocycles. The first-order chi connectivity index (χ1) is 17.1. The molecular formula is C23H18F7N3O4. The molecule has 3 aromatic rings. The first kappa shape index (κ1) is 27.5. The Hall–Kier alpha value is -4.10. The normalized spacial score (nSPS) is 12.5. The molecule has 0 radical (unpaired) electrons. The second-order valence-electron chi connectivity index (χ2n) is 7.88. The van der Waals surface area contributed by atoms with Crippen molar-refractivity contribution in [2.75, 3.05) is 0 Å². The molecule has 0 fully saturated rings. The van der Waals surface area contributed by atoms with Crippen LogP contribution in [0, 0.1) is 18.6 Å². The van der Waals surface area contributed by atoms with Gasteiger partial charge in [-0.2, -0.15) is 18.3 Å². The van der Waals surface area contributed by atoms with Crippen molar-refractivity contribution >= 4 is 11.9 Å². The van der Waals surface area contributed by atoms with Crippen LogP contribution < -0.4 is 10.1 Å². The molecule has 0 aliphatic carbocycles. The Labute approximate surface area is 204 Å². The predicted molar refractivity (Wildman–Crippen MR) is 114 cm³/mol. The van der Waals surface area contributed by atoms with Gasteiger partial charge in [0.2, 0.25) is 5.88 Å². The lowest BCUT2D eigenvalue weighted by Gasteiger charge is -2.19. The summed E-state index contributed by atoms with van der Waals surface area (Å²) in [5.74, 6) is -6.93. The largest absolute Gasteiger partial charge is 0.477 e. The van der Waals surface area contributed by atoms with Crippen LogP contribution in [0.4, 0.5) is 30.7 Å². The van der Waals surface area contributed by atoms with Crippen LogP contribution in [0.15, 0.2) is 30.3 Å². The summed E-state index contributed by atoms with van der Waals surface area (Å²) in [5, 5.41) is 14.8. The Kier molecular flexibility index (Phi) is 7.51. The molecule has 3 rings (SSSR count). The lowest BCUT2D eigenvalue weighted by Crippen LogP contribution is -2.28. The minimum Gasteiger partial charge on any atom is -0.477 e. The van der Waals surface area contributed by atoms with E-state index < -0.39 is 76.2 Å². The van der Waals surface area contributed by atoms with E-state index in [0.29, 0.717) is 12.1 Å². The Morgan fingerprint density at radius 1 is 1.14 bits per heavy atom. The van der Waals surface area contributed by atoms with E-state index in [1.165, 1.54) is 6.92 Å². The third-order valence-electron chi connectivity index (χ3n) is 5.36. The molecule has 7 nitrogen and oxygen atoms in total. The molecule has 198 valence electrons. The number of ether oxygens (including phenoxy) is 1. The number of benzene rings is 2. The van der Waals surface area contributed by atoms with Crippen molar-refractivity contribution in [1.29, 1.82) is 0 Å². The lowest BCUT2D eigenvalue weighted by molar-refractivity contribution is -0.137. The van der Waals surface area contributed by atoms with Crippen molar-refractivity contribution in [3.8, 4) is 11.6 Å². The number of carbonyl (C=O) groups is 2. The van der Waals surface area contributed by atoms with Gasteiger partial charge < -0.3 is 15.2 Å². The van der Waals surface area contributed by atoms with Gasteiger partial charge in [0.15, 0.2) is 0 Å². The van der Waals surface area contributed by atoms with Crippen molar-refractivity contribution in [3.63, 3.8) is 0 Å². The van der Waals surface area contributed by atoms with E-state index in [1.807, 2.05) is 0 Å². The number of aryl methyl sites for hydroxylation is 1. The lowest BCUT2D eigenvalue weighted by atomic mass is 9.98. The zero-order valence-electron chi connectivity index (χ0n) is 19.3. The number of amides is 1. The van der Waals surface area contributed by atoms with Crippen molar-refractivity contribution < 1.29 is 50.2 Å². The van der Waals surface area contributed by atoms with E-state index in [2.05, 4.69) is 10.4 Å². The summed E-state index contributed by atoms with van der Waals surface area (Å²) in [6, 6.07) is 2.92. The van der Waals surface area contributed by atoms with Gasteiger partial charge in [0.25, 0.3) is 12.3 Å². The number of carboxylic acids is 1. The van der Waals surface area contributed by atoms with E-state index in [1.54, 1.807) is 0 Å². The number of hydrogen-bond donors (Lipinski definition) is 2. The number of nitrogens with one attached hydrogen (secondary N) is 1. The Balaban J connectivity index is 2.00.